The van der Waals surface area contributed by atoms with E-state index in [9.17, 15) is 24.6 Å². The number of carbonyl (C=O) groups is 3. The van der Waals surface area contributed by atoms with Gasteiger partial charge in [-0.15, -0.1) is 0 Å². The molecule has 4 atom stereocenters. The first kappa shape index (κ1) is 46.7. The van der Waals surface area contributed by atoms with Gasteiger partial charge < -0.3 is 44.7 Å². The largest absolute Gasteiger partial charge is 0.493 e. The molecule has 0 saturated heterocycles. The highest BCUT2D eigenvalue weighted by molar-refractivity contribution is 6.76. The minimum absolute atomic E-state index is 0.163. The van der Waals surface area contributed by atoms with Crippen molar-refractivity contribution in [2.45, 2.75) is 122 Å². The fourth-order valence-electron chi connectivity index (χ4n) is 5.61. The van der Waals surface area contributed by atoms with Crippen molar-refractivity contribution in [3.63, 3.8) is 0 Å². The molecule has 3 aromatic rings. The Morgan fingerprint density at radius 1 is 0.719 bits per heavy atom. The standard InChI is InChI=1S/C43H64N4O9Si/c1-42(2,3)55-39(50)45-35(27-31-15-11-10-12-16-31)37(48)29-47(41(52)54-25-26-57(7,8)9)30-38(49)36(46-40(51)56-43(4,5)6)28-32-18-20-34(21-19-32)53-24-22-33-17-13-14-23-44-33/h10-21,23,35-38,48-49H,22,24-30H2,1-9H3,(H,45,50)(H,46,51)/t35-,36-,37+,38+/m0/s1. The molecule has 0 saturated carbocycles. The highest BCUT2D eigenvalue weighted by Crippen LogP contribution is 2.18. The number of aromatic nitrogens is 1. The van der Waals surface area contributed by atoms with Gasteiger partial charge in [-0.2, -0.15) is 0 Å². The number of nitrogens with zero attached hydrogens (tertiary/aromatic N) is 2. The number of pyridine rings is 1. The fourth-order valence-corrected chi connectivity index (χ4v) is 6.33. The predicted molar refractivity (Wildman–Crippen MR) is 223 cm³/mol. The van der Waals surface area contributed by atoms with Crippen LogP contribution in [0.3, 0.4) is 0 Å². The Balaban J connectivity index is 1.85. The van der Waals surface area contributed by atoms with Gasteiger partial charge in [0.05, 0.1) is 50.6 Å². The van der Waals surface area contributed by atoms with Crippen LogP contribution in [0.4, 0.5) is 14.4 Å². The Kier molecular flexibility index (Phi) is 17.8. The van der Waals surface area contributed by atoms with E-state index < -0.39 is 61.8 Å². The number of ether oxygens (including phenoxy) is 4. The zero-order valence-electron chi connectivity index (χ0n) is 35.1. The number of aliphatic hydroxyl groups excluding tert-OH is 2. The molecule has 0 unspecified atom stereocenters. The number of amides is 3. The Morgan fingerprint density at radius 2 is 1.23 bits per heavy atom. The molecule has 0 fully saturated rings. The molecule has 13 nitrogen and oxygen atoms in total. The number of rotatable bonds is 19. The highest BCUT2D eigenvalue weighted by Gasteiger charge is 2.33. The van der Waals surface area contributed by atoms with Crippen molar-refractivity contribution in [1.82, 2.24) is 20.5 Å². The van der Waals surface area contributed by atoms with E-state index in [-0.39, 0.29) is 32.5 Å². The summed E-state index contributed by atoms with van der Waals surface area (Å²) in [5.41, 5.74) is 0.950. The molecule has 4 N–H and O–H groups in total. The van der Waals surface area contributed by atoms with E-state index in [2.05, 4.69) is 35.3 Å². The van der Waals surface area contributed by atoms with Crippen molar-refractivity contribution in [1.29, 1.82) is 0 Å². The molecule has 3 amide bonds. The summed E-state index contributed by atoms with van der Waals surface area (Å²) in [5, 5.41) is 29.1. The normalized spacial score (nSPS) is 14.0. The molecule has 0 radical (unpaired) electrons. The third-order valence-electron chi connectivity index (χ3n) is 8.51. The van der Waals surface area contributed by atoms with Crippen molar-refractivity contribution in [2.75, 3.05) is 26.3 Å². The van der Waals surface area contributed by atoms with Gasteiger partial charge in [0.15, 0.2) is 0 Å². The number of carbonyl (C=O) groups excluding carboxylic acids is 3. The zero-order valence-corrected chi connectivity index (χ0v) is 36.1. The third kappa shape index (κ3) is 19.4. The summed E-state index contributed by atoms with van der Waals surface area (Å²) in [6.45, 7) is 16.9. The van der Waals surface area contributed by atoms with Crippen LogP contribution in [0.15, 0.2) is 79.0 Å². The second kappa shape index (κ2) is 21.7. The van der Waals surface area contributed by atoms with Crippen LogP contribution in [0.5, 0.6) is 5.75 Å². The number of aliphatic hydroxyl groups is 2. The Labute approximate surface area is 339 Å². The predicted octanol–water partition coefficient (Wildman–Crippen LogP) is 6.77. The smallest absolute Gasteiger partial charge is 0.409 e. The molecule has 0 aliphatic heterocycles. The van der Waals surface area contributed by atoms with Gasteiger partial charge in [-0.1, -0.05) is 68.2 Å². The lowest BCUT2D eigenvalue weighted by Gasteiger charge is -2.33. The summed E-state index contributed by atoms with van der Waals surface area (Å²) in [7, 11) is -1.58. The first-order valence-electron chi connectivity index (χ1n) is 19.6. The van der Waals surface area contributed by atoms with Crippen LogP contribution in [0, 0.1) is 0 Å². The quantitative estimate of drug-likeness (QED) is 0.0749. The topological polar surface area (TPSA) is 169 Å². The molecular formula is C43H64N4O9Si. The van der Waals surface area contributed by atoms with E-state index in [1.54, 1.807) is 47.7 Å². The highest BCUT2D eigenvalue weighted by atomic mass is 28.3. The number of hydrogen-bond acceptors (Lipinski definition) is 10. The molecular weight excluding hydrogens is 745 g/mol. The maximum atomic E-state index is 13.8. The molecule has 14 heteroatoms. The summed E-state index contributed by atoms with van der Waals surface area (Å²) in [6.07, 6.45) is -2.07. The summed E-state index contributed by atoms with van der Waals surface area (Å²) >= 11 is 0. The average molecular weight is 809 g/mol. The van der Waals surface area contributed by atoms with E-state index >= 15 is 0 Å². The van der Waals surface area contributed by atoms with Crippen molar-refractivity contribution in [2.24, 2.45) is 0 Å². The van der Waals surface area contributed by atoms with Gasteiger partial charge in [0, 0.05) is 26.4 Å². The lowest BCUT2D eigenvalue weighted by Crippen LogP contribution is -2.55. The van der Waals surface area contributed by atoms with Crippen LogP contribution < -0.4 is 15.4 Å². The molecule has 2 aromatic carbocycles. The van der Waals surface area contributed by atoms with Gasteiger partial charge >= 0.3 is 18.3 Å². The number of hydrogen-bond donors (Lipinski definition) is 4. The number of benzene rings is 2. The monoisotopic (exact) mass is 808 g/mol. The van der Waals surface area contributed by atoms with Crippen LogP contribution in [-0.2, 0) is 33.5 Å². The molecule has 3 rings (SSSR count). The molecule has 0 bridgehead atoms. The number of alkyl carbamates (subject to hydrolysis) is 2. The molecule has 314 valence electrons. The molecule has 0 aliphatic rings. The van der Waals surface area contributed by atoms with E-state index in [4.69, 9.17) is 18.9 Å². The van der Waals surface area contributed by atoms with E-state index in [0.717, 1.165) is 16.8 Å². The fraction of sp³-hybridized carbons (Fsp3) is 0.535. The maximum Gasteiger partial charge on any atom is 0.409 e. The second-order valence-corrected chi connectivity index (χ2v) is 23.0. The van der Waals surface area contributed by atoms with Crippen molar-refractivity contribution in [3.8, 4) is 5.75 Å². The van der Waals surface area contributed by atoms with Crippen LogP contribution in [0.1, 0.15) is 58.4 Å². The summed E-state index contributed by atoms with van der Waals surface area (Å²) < 4.78 is 22.7. The Bertz CT molecular complexity index is 1660. The zero-order chi connectivity index (χ0) is 42.2. The molecule has 0 spiro atoms. The van der Waals surface area contributed by atoms with Gasteiger partial charge in [0.25, 0.3) is 0 Å². The van der Waals surface area contributed by atoms with Crippen molar-refractivity contribution < 1.29 is 43.5 Å². The Morgan fingerprint density at radius 3 is 1.70 bits per heavy atom. The van der Waals surface area contributed by atoms with E-state index in [1.807, 2.05) is 72.8 Å². The van der Waals surface area contributed by atoms with Gasteiger partial charge in [-0.25, -0.2) is 14.4 Å². The van der Waals surface area contributed by atoms with Crippen LogP contribution in [-0.4, -0.2) is 108 Å². The summed E-state index contributed by atoms with van der Waals surface area (Å²) in [5.74, 6) is 0.651. The number of nitrogens with one attached hydrogen (secondary N) is 2. The first-order chi connectivity index (χ1) is 26.7. The average Bonchev–Trinajstić information content (AvgIpc) is 3.10. The lowest BCUT2D eigenvalue weighted by molar-refractivity contribution is 0.0181. The summed E-state index contributed by atoms with van der Waals surface area (Å²) in [4.78, 5) is 45.3. The van der Waals surface area contributed by atoms with Crippen LogP contribution in [0.25, 0.3) is 0 Å². The van der Waals surface area contributed by atoms with E-state index in [0.29, 0.717) is 24.8 Å². The van der Waals surface area contributed by atoms with Gasteiger partial charge in [-0.3, -0.25) is 4.98 Å². The SMILES string of the molecule is CC(C)(C)OC(=O)N[C@@H](Cc1ccccc1)[C@H](O)CN(C[C@@H](O)[C@H](Cc1ccc(OCCc2ccccn2)cc1)NC(=O)OC(C)(C)C)C(=O)OCC[Si](C)(C)C. The minimum atomic E-state index is -1.58. The minimum Gasteiger partial charge on any atom is -0.493 e. The van der Waals surface area contributed by atoms with Gasteiger partial charge in [0.1, 0.15) is 17.0 Å². The van der Waals surface area contributed by atoms with E-state index in [1.165, 1.54) is 4.90 Å². The third-order valence-corrected chi connectivity index (χ3v) is 10.2. The Hall–Kier alpha value is -4.66. The van der Waals surface area contributed by atoms with Crippen molar-refractivity contribution >= 4 is 26.4 Å². The summed E-state index contributed by atoms with van der Waals surface area (Å²) in [6, 6.07) is 21.3. The van der Waals surface area contributed by atoms with Gasteiger partial charge in [-0.05, 0) is 95.8 Å². The van der Waals surface area contributed by atoms with Crippen LogP contribution >= 0.6 is 0 Å². The second-order valence-electron chi connectivity index (χ2n) is 17.4. The molecule has 0 aliphatic carbocycles. The molecule has 57 heavy (non-hydrogen) atoms. The van der Waals surface area contributed by atoms with Gasteiger partial charge in [0.2, 0.25) is 0 Å². The lowest BCUT2D eigenvalue weighted by atomic mass is 9.99. The first-order valence-corrected chi connectivity index (χ1v) is 23.3. The van der Waals surface area contributed by atoms with Crippen molar-refractivity contribution in [3.05, 3.63) is 95.8 Å². The molecule has 1 aromatic heterocycles. The molecule has 1 heterocycles. The maximum absolute atomic E-state index is 13.8. The van der Waals surface area contributed by atoms with Crippen LogP contribution in [0.2, 0.25) is 25.7 Å².